The van der Waals surface area contributed by atoms with E-state index in [2.05, 4.69) is 83.8 Å². The van der Waals surface area contributed by atoms with Gasteiger partial charge >= 0.3 is 0 Å². The molecule has 0 saturated carbocycles. The fourth-order valence-corrected chi connectivity index (χ4v) is 3.93. The summed E-state index contributed by atoms with van der Waals surface area (Å²) in [5.74, 6) is 0.310. The van der Waals surface area contributed by atoms with Crippen LogP contribution in [-0.2, 0) is 0 Å². The van der Waals surface area contributed by atoms with Crippen molar-refractivity contribution in [2.24, 2.45) is 0 Å². The van der Waals surface area contributed by atoms with Gasteiger partial charge in [0.1, 0.15) is 5.75 Å². The van der Waals surface area contributed by atoms with Crippen molar-refractivity contribution in [3.63, 3.8) is 0 Å². The monoisotopic (exact) mass is 417 g/mol. The van der Waals surface area contributed by atoms with Crippen LogP contribution in [0.4, 0.5) is 17.1 Å². The number of phenolic OH excluding ortho intramolecular Hbond substituents is 1. The van der Waals surface area contributed by atoms with Gasteiger partial charge in [0, 0.05) is 22.4 Å². The molecule has 0 radical (unpaired) electrons. The molecule has 0 unspecified atom stereocenters. The topological polar surface area (TPSA) is 23.5 Å². The highest BCUT2D eigenvalue weighted by atomic mass is 16.3. The van der Waals surface area contributed by atoms with Crippen molar-refractivity contribution in [2.75, 3.05) is 4.90 Å². The number of fused-ring (bicyclic) bond motifs is 1. The average Bonchev–Trinajstić information content (AvgIpc) is 2.88. The molecule has 2 heteroatoms. The molecule has 0 bridgehead atoms. The molecule has 5 rings (SSSR count). The Labute approximate surface area is 190 Å². The van der Waals surface area contributed by atoms with Crippen LogP contribution in [0.5, 0.6) is 5.75 Å². The lowest BCUT2D eigenvalue weighted by Gasteiger charge is -2.25. The molecule has 0 aliphatic heterocycles. The Morgan fingerprint density at radius 2 is 0.938 bits per heavy atom. The van der Waals surface area contributed by atoms with Gasteiger partial charge < -0.3 is 10.0 Å². The predicted molar refractivity (Wildman–Crippen MR) is 137 cm³/mol. The summed E-state index contributed by atoms with van der Waals surface area (Å²) in [4.78, 5) is 2.25. The molecule has 0 heterocycles. The Balaban J connectivity index is 0.00000119. The van der Waals surface area contributed by atoms with Gasteiger partial charge in [-0.1, -0.05) is 92.7 Å². The van der Waals surface area contributed by atoms with Gasteiger partial charge in [-0.05, 0) is 59.0 Å². The number of rotatable bonds is 4. The zero-order valence-electron chi connectivity index (χ0n) is 18.4. The Bertz CT molecular complexity index is 1240. The normalized spacial score (nSPS) is 10.3. The van der Waals surface area contributed by atoms with Crippen molar-refractivity contribution in [3.8, 4) is 16.9 Å². The zero-order chi connectivity index (χ0) is 22.3. The summed E-state index contributed by atoms with van der Waals surface area (Å²) in [5.41, 5.74) is 5.56. The first-order chi connectivity index (χ1) is 15.8. The van der Waals surface area contributed by atoms with E-state index in [1.807, 2.05) is 50.2 Å². The molecule has 2 nitrogen and oxygen atoms in total. The first kappa shape index (κ1) is 21.2. The van der Waals surface area contributed by atoms with Crippen molar-refractivity contribution in [2.45, 2.75) is 13.8 Å². The van der Waals surface area contributed by atoms with Gasteiger partial charge in [0.25, 0.3) is 0 Å². The van der Waals surface area contributed by atoms with Crippen LogP contribution in [0, 0.1) is 0 Å². The number of phenols is 1. The minimum atomic E-state index is 0.310. The average molecular weight is 418 g/mol. The molecule has 0 saturated heterocycles. The summed E-state index contributed by atoms with van der Waals surface area (Å²) in [6.07, 6.45) is 0. The van der Waals surface area contributed by atoms with Gasteiger partial charge in [0.2, 0.25) is 0 Å². The standard InChI is InChI=1S/C28H21NO.C2H6/c30-28-20-19-25(26-13-7-8-14-27(26)28)21-15-17-24(18-16-21)29(22-9-3-1-4-10-22)23-11-5-2-6-12-23;1-2/h1-20,30H;1-2H3. The van der Waals surface area contributed by atoms with Crippen LogP contribution in [0.3, 0.4) is 0 Å². The highest BCUT2D eigenvalue weighted by Gasteiger charge is 2.13. The largest absolute Gasteiger partial charge is 0.507 e. The molecular formula is C30H27NO. The number of anilines is 3. The molecular weight excluding hydrogens is 390 g/mol. The Kier molecular flexibility index (Phi) is 6.52. The quantitative estimate of drug-likeness (QED) is 0.316. The second kappa shape index (κ2) is 9.84. The molecule has 5 aromatic carbocycles. The molecule has 5 aromatic rings. The number of benzene rings is 5. The molecule has 0 spiro atoms. The van der Waals surface area contributed by atoms with E-state index in [-0.39, 0.29) is 0 Å². The highest BCUT2D eigenvalue weighted by Crippen LogP contribution is 2.37. The number of para-hydroxylation sites is 2. The van der Waals surface area contributed by atoms with Crippen molar-refractivity contribution in [3.05, 3.63) is 121 Å². The SMILES string of the molecule is CC.Oc1ccc(-c2ccc(N(c3ccccc3)c3ccccc3)cc2)c2ccccc12. The molecule has 0 aromatic heterocycles. The number of aromatic hydroxyl groups is 1. The van der Waals surface area contributed by atoms with Gasteiger partial charge in [-0.15, -0.1) is 0 Å². The van der Waals surface area contributed by atoms with E-state index in [0.29, 0.717) is 5.75 Å². The molecule has 32 heavy (non-hydrogen) atoms. The zero-order valence-corrected chi connectivity index (χ0v) is 18.4. The summed E-state index contributed by atoms with van der Waals surface area (Å²) in [6.45, 7) is 4.00. The second-order valence-corrected chi connectivity index (χ2v) is 7.23. The van der Waals surface area contributed by atoms with E-state index in [0.717, 1.165) is 39.0 Å². The van der Waals surface area contributed by atoms with E-state index in [4.69, 9.17) is 0 Å². The fraction of sp³-hybridized carbons (Fsp3) is 0.0667. The first-order valence-electron chi connectivity index (χ1n) is 11.0. The maximum Gasteiger partial charge on any atom is 0.123 e. The summed E-state index contributed by atoms with van der Waals surface area (Å²) < 4.78 is 0. The molecule has 0 atom stereocenters. The number of nitrogens with zero attached hydrogens (tertiary/aromatic N) is 1. The van der Waals surface area contributed by atoms with Crippen LogP contribution >= 0.6 is 0 Å². The predicted octanol–water partition coefficient (Wildman–Crippen LogP) is 8.71. The van der Waals surface area contributed by atoms with E-state index < -0.39 is 0 Å². The molecule has 1 N–H and O–H groups in total. The Morgan fingerprint density at radius 1 is 0.469 bits per heavy atom. The summed E-state index contributed by atoms with van der Waals surface area (Å²) in [7, 11) is 0. The number of hydrogen-bond acceptors (Lipinski definition) is 2. The van der Waals surface area contributed by atoms with Crippen LogP contribution in [0.15, 0.2) is 121 Å². The van der Waals surface area contributed by atoms with Gasteiger partial charge in [-0.25, -0.2) is 0 Å². The lowest BCUT2D eigenvalue weighted by atomic mass is 9.97. The Morgan fingerprint density at radius 3 is 1.50 bits per heavy atom. The van der Waals surface area contributed by atoms with Crippen LogP contribution in [0.25, 0.3) is 21.9 Å². The van der Waals surface area contributed by atoms with Crippen molar-refractivity contribution < 1.29 is 5.11 Å². The minimum Gasteiger partial charge on any atom is -0.507 e. The highest BCUT2D eigenvalue weighted by molar-refractivity contribution is 6.00. The molecule has 0 aliphatic carbocycles. The summed E-state index contributed by atoms with van der Waals surface area (Å²) in [6, 6.07) is 41.1. The van der Waals surface area contributed by atoms with Crippen LogP contribution in [0.1, 0.15) is 13.8 Å². The molecule has 0 aliphatic rings. The first-order valence-corrected chi connectivity index (χ1v) is 11.0. The third kappa shape index (κ3) is 4.21. The van der Waals surface area contributed by atoms with E-state index in [9.17, 15) is 5.11 Å². The third-order valence-corrected chi connectivity index (χ3v) is 5.37. The minimum absolute atomic E-state index is 0.310. The van der Waals surface area contributed by atoms with Gasteiger partial charge in [-0.3, -0.25) is 0 Å². The van der Waals surface area contributed by atoms with Crippen molar-refractivity contribution in [1.82, 2.24) is 0 Å². The molecule has 0 fully saturated rings. The van der Waals surface area contributed by atoms with Crippen LogP contribution in [0.2, 0.25) is 0 Å². The number of hydrogen-bond donors (Lipinski definition) is 1. The lowest BCUT2D eigenvalue weighted by molar-refractivity contribution is 0.481. The molecule has 0 amide bonds. The maximum atomic E-state index is 10.2. The second-order valence-electron chi connectivity index (χ2n) is 7.23. The van der Waals surface area contributed by atoms with Crippen LogP contribution < -0.4 is 4.90 Å². The van der Waals surface area contributed by atoms with Gasteiger partial charge in [0.15, 0.2) is 0 Å². The van der Waals surface area contributed by atoms with E-state index in [1.165, 1.54) is 0 Å². The fourth-order valence-electron chi connectivity index (χ4n) is 3.93. The lowest BCUT2D eigenvalue weighted by Crippen LogP contribution is -2.09. The maximum absolute atomic E-state index is 10.2. The summed E-state index contributed by atoms with van der Waals surface area (Å²) >= 11 is 0. The smallest absolute Gasteiger partial charge is 0.123 e. The third-order valence-electron chi connectivity index (χ3n) is 5.37. The van der Waals surface area contributed by atoms with Crippen LogP contribution in [-0.4, -0.2) is 5.11 Å². The van der Waals surface area contributed by atoms with Gasteiger partial charge in [0.05, 0.1) is 0 Å². The summed E-state index contributed by atoms with van der Waals surface area (Å²) in [5, 5.41) is 12.1. The molecule has 158 valence electrons. The Hall–Kier alpha value is -4.04. The van der Waals surface area contributed by atoms with E-state index in [1.54, 1.807) is 6.07 Å². The van der Waals surface area contributed by atoms with Crippen molar-refractivity contribution >= 4 is 27.8 Å². The van der Waals surface area contributed by atoms with Crippen molar-refractivity contribution in [1.29, 1.82) is 0 Å². The van der Waals surface area contributed by atoms with Gasteiger partial charge in [-0.2, -0.15) is 0 Å². The van der Waals surface area contributed by atoms with E-state index >= 15 is 0 Å².